The smallest absolute Gasteiger partial charge is 0.247 e. The van der Waals surface area contributed by atoms with Gasteiger partial charge in [0.25, 0.3) is 0 Å². The number of Topliss-reactive ketones (excluding diaryl/α,β-unsaturated/α-hetero) is 1. The summed E-state index contributed by atoms with van der Waals surface area (Å²) in [6, 6.07) is 10.1. The molecular formula is C15H15N5O. The van der Waals surface area contributed by atoms with E-state index in [-0.39, 0.29) is 17.7 Å². The van der Waals surface area contributed by atoms with Crippen LogP contribution >= 0.6 is 0 Å². The number of anilines is 1. The number of aromatic nitrogens is 4. The lowest BCUT2D eigenvalue weighted by Crippen LogP contribution is -2.31. The zero-order chi connectivity index (χ0) is 14.4. The van der Waals surface area contributed by atoms with E-state index in [1.807, 2.05) is 25.1 Å². The molecule has 0 bridgehead atoms. The van der Waals surface area contributed by atoms with Gasteiger partial charge in [-0.15, -0.1) is 0 Å². The lowest BCUT2D eigenvalue weighted by Gasteiger charge is -2.33. The molecule has 0 spiro atoms. The van der Waals surface area contributed by atoms with E-state index in [0.717, 1.165) is 17.7 Å². The molecule has 0 radical (unpaired) electrons. The summed E-state index contributed by atoms with van der Waals surface area (Å²) >= 11 is 0. The maximum Gasteiger partial charge on any atom is 0.247 e. The minimum atomic E-state index is -0.101. The Hall–Kier alpha value is -2.50. The number of rotatable bonds is 1. The van der Waals surface area contributed by atoms with Crippen molar-refractivity contribution in [1.82, 2.24) is 20.2 Å². The molecule has 0 unspecified atom stereocenters. The normalized spacial score (nSPS) is 24.3. The van der Waals surface area contributed by atoms with Crippen molar-refractivity contribution in [3.63, 3.8) is 0 Å². The van der Waals surface area contributed by atoms with Crippen LogP contribution in [0.2, 0.25) is 0 Å². The van der Waals surface area contributed by atoms with Gasteiger partial charge in [-0.1, -0.05) is 35.4 Å². The molecule has 1 aliphatic heterocycles. The zero-order valence-corrected chi connectivity index (χ0v) is 11.7. The first kappa shape index (κ1) is 12.3. The number of hydrogen-bond donors (Lipinski definition) is 1. The van der Waals surface area contributed by atoms with Gasteiger partial charge in [-0.2, -0.15) is 0 Å². The number of carbonyl (C=O) groups excluding carboxylic acids is 1. The summed E-state index contributed by atoms with van der Waals surface area (Å²) in [7, 11) is 0. The first-order chi connectivity index (χ1) is 10.2. The number of allylic oxidation sites excluding steroid dienone is 2. The highest BCUT2D eigenvalue weighted by atomic mass is 16.1. The summed E-state index contributed by atoms with van der Waals surface area (Å²) in [5, 5.41) is 14.8. The highest BCUT2D eigenvalue weighted by Crippen LogP contribution is 2.40. The zero-order valence-electron chi connectivity index (χ0n) is 11.7. The second-order valence-electron chi connectivity index (χ2n) is 5.58. The molecule has 106 valence electrons. The van der Waals surface area contributed by atoms with Gasteiger partial charge in [-0.25, -0.2) is 4.68 Å². The number of benzene rings is 1. The molecule has 1 aliphatic carbocycles. The monoisotopic (exact) mass is 281 g/mol. The Balaban J connectivity index is 1.71. The summed E-state index contributed by atoms with van der Waals surface area (Å²) in [5.41, 5.74) is 2.99. The third kappa shape index (κ3) is 1.86. The molecule has 1 N–H and O–H groups in total. The predicted octanol–water partition coefficient (Wildman–Crippen LogP) is 2.06. The number of carbonyl (C=O) groups is 1. The molecule has 2 heterocycles. The Morgan fingerprint density at radius 2 is 2.05 bits per heavy atom. The lowest BCUT2D eigenvalue weighted by atomic mass is 9.79. The van der Waals surface area contributed by atoms with Crippen LogP contribution in [-0.4, -0.2) is 26.0 Å². The van der Waals surface area contributed by atoms with E-state index in [0.29, 0.717) is 12.4 Å². The van der Waals surface area contributed by atoms with Gasteiger partial charge in [0.15, 0.2) is 5.78 Å². The van der Waals surface area contributed by atoms with Crippen molar-refractivity contribution in [2.24, 2.45) is 0 Å². The van der Waals surface area contributed by atoms with E-state index < -0.39 is 0 Å². The van der Waals surface area contributed by atoms with Crippen molar-refractivity contribution in [1.29, 1.82) is 0 Å². The van der Waals surface area contributed by atoms with Gasteiger partial charge in [0.05, 0.1) is 6.04 Å². The number of ketones is 1. The number of tetrazole rings is 1. The van der Waals surface area contributed by atoms with Gasteiger partial charge in [0, 0.05) is 17.7 Å². The van der Waals surface area contributed by atoms with Crippen molar-refractivity contribution in [3.8, 4) is 0 Å². The largest absolute Gasteiger partial charge is 0.326 e. The molecule has 2 aromatic rings. The first-order valence-electron chi connectivity index (χ1n) is 7.10. The number of fused-ring (bicyclic) bond motifs is 1. The van der Waals surface area contributed by atoms with Crippen LogP contribution < -0.4 is 5.32 Å². The average molecular weight is 281 g/mol. The van der Waals surface area contributed by atoms with Crippen LogP contribution in [0, 0.1) is 0 Å². The molecule has 1 aromatic heterocycles. The van der Waals surface area contributed by atoms with Gasteiger partial charge < -0.3 is 5.32 Å². The molecule has 2 aliphatic rings. The van der Waals surface area contributed by atoms with E-state index in [4.69, 9.17) is 0 Å². The molecular weight excluding hydrogens is 266 g/mol. The van der Waals surface area contributed by atoms with Crippen LogP contribution in [0.25, 0.3) is 0 Å². The van der Waals surface area contributed by atoms with Crippen molar-refractivity contribution >= 4 is 11.7 Å². The van der Waals surface area contributed by atoms with Crippen LogP contribution in [0.4, 0.5) is 5.95 Å². The molecule has 4 rings (SSSR count). The van der Waals surface area contributed by atoms with Crippen LogP contribution in [0.1, 0.15) is 37.3 Å². The van der Waals surface area contributed by atoms with E-state index in [9.17, 15) is 4.79 Å². The molecule has 21 heavy (non-hydrogen) atoms. The van der Waals surface area contributed by atoms with Crippen LogP contribution in [0.15, 0.2) is 41.6 Å². The Morgan fingerprint density at radius 1 is 1.24 bits per heavy atom. The second kappa shape index (κ2) is 4.51. The molecule has 0 fully saturated rings. The Kier molecular flexibility index (Phi) is 2.63. The third-order valence-electron chi connectivity index (χ3n) is 4.32. The van der Waals surface area contributed by atoms with Gasteiger partial charge in [0.1, 0.15) is 0 Å². The number of hydrogen-bond acceptors (Lipinski definition) is 5. The summed E-state index contributed by atoms with van der Waals surface area (Å²) in [5.74, 6) is 1.02. The predicted molar refractivity (Wildman–Crippen MR) is 76.6 cm³/mol. The average Bonchev–Trinajstić information content (AvgIpc) is 2.96. The van der Waals surface area contributed by atoms with Crippen molar-refractivity contribution in [2.75, 3.05) is 5.32 Å². The van der Waals surface area contributed by atoms with Gasteiger partial charge in [-0.3, -0.25) is 4.79 Å². The quantitative estimate of drug-likeness (QED) is 0.866. The van der Waals surface area contributed by atoms with Crippen molar-refractivity contribution < 1.29 is 4.79 Å². The number of nitrogens with one attached hydrogen (secondary N) is 1. The maximum atomic E-state index is 12.6. The second-order valence-corrected chi connectivity index (χ2v) is 5.58. The van der Waals surface area contributed by atoms with Crippen LogP contribution in [0.5, 0.6) is 0 Å². The van der Waals surface area contributed by atoms with Gasteiger partial charge in [-0.05, 0) is 35.3 Å². The van der Waals surface area contributed by atoms with Gasteiger partial charge in [0.2, 0.25) is 5.95 Å². The fraction of sp³-hybridized carbons (Fsp3) is 0.333. The van der Waals surface area contributed by atoms with Crippen molar-refractivity contribution in [3.05, 3.63) is 47.2 Å². The highest BCUT2D eigenvalue weighted by Gasteiger charge is 2.36. The molecule has 0 amide bonds. The Bertz CT molecular complexity index is 734. The first-order valence-corrected chi connectivity index (χ1v) is 7.10. The number of nitrogens with zero attached hydrogens (tertiary/aromatic N) is 4. The van der Waals surface area contributed by atoms with E-state index in [1.54, 1.807) is 4.68 Å². The van der Waals surface area contributed by atoms with E-state index in [1.165, 1.54) is 5.56 Å². The topological polar surface area (TPSA) is 72.7 Å². The molecule has 6 nitrogen and oxygen atoms in total. The standard InChI is InChI=1S/C15H15N5O/c1-9-14-12(16-15-17-18-19-20(9)15)7-11(8-13(14)21)10-5-3-2-4-6-10/h2-6,9,11H,7-8H2,1H3,(H,16,17,19)/t9-,11+/m1/s1. The summed E-state index contributed by atoms with van der Waals surface area (Å²) in [6.45, 7) is 1.97. The minimum Gasteiger partial charge on any atom is -0.326 e. The Morgan fingerprint density at radius 3 is 2.86 bits per heavy atom. The molecule has 0 saturated heterocycles. The maximum absolute atomic E-state index is 12.6. The molecule has 2 atom stereocenters. The molecule has 1 aromatic carbocycles. The van der Waals surface area contributed by atoms with Crippen LogP contribution in [-0.2, 0) is 4.79 Å². The van der Waals surface area contributed by atoms with E-state index >= 15 is 0 Å². The minimum absolute atomic E-state index is 0.101. The molecule has 6 heteroatoms. The van der Waals surface area contributed by atoms with Crippen LogP contribution in [0.3, 0.4) is 0 Å². The Labute approximate surface area is 121 Å². The fourth-order valence-corrected chi connectivity index (χ4v) is 3.29. The van der Waals surface area contributed by atoms with Gasteiger partial charge >= 0.3 is 0 Å². The summed E-state index contributed by atoms with van der Waals surface area (Å²) in [6.07, 6.45) is 1.37. The summed E-state index contributed by atoms with van der Waals surface area (Å²) < 4.78 is 1.67. The van der Waals surface area contributed by atoms with E-state index in [2.05, 4.69) is 33.0 Å². The molecule has 0 saturated carbocycles. The fourth-order valence-electron chi connectivity index (χ4n) is 3.29. The van der Waals surface area contributed by atoms with Crippen molar-refractivity contribution in [2.45, 2.75) is 31.7 Å². The lowest BCUT2D eigenvalue weighted by molar-refractivity contribution is -0.116. The third-order valence-corrected chi connectivity index (χ3v) is 4.32. The highest BCUT2D eigenvalue weighted by molar-refractivity contribution is 5.99. The summed E-state index contributed by atoms with van der Waals surface area (Å²) in [4.78, 5) is 12.6. The SMILES string of the molecule is C[C@@H]1C2=C(C[C@H](c3ccccc3)CC2=O)Nc2nnnn21.